The van der Waals surface area contributed by atoms with Crippen molar-refractivity contribution in [3.05, 3.63) is 33.0 Å². The van der Waals surface area contributed by atoms with Gasteiger partial charge in [-0.1, -0.05) is 31.4 Å². The van der Waals surface area contributed by atoms with E-state index in [1.54, 1.807) is 6.07 Å². The molecule has 1 saturated carbocycles. The molecule has 4 heteroatoms. The minimum atomic E-state index is -0.280. The van der Waals surface area contributed by atoms with E-state index in [1.807, 2.05) is 0 Å². The second-order valence-electron chi connectivity index (χ2n) is 4.76. The third-order valence-corrected chi connectivity index (χ3v) is 5.40. The highest BCUT2D eigenvalue weighted by molar-refractivity contribution is 9.10. The molecule has 0 nitrogen and oxygen atoms in total. The number of benzene rings is 1. The lowest BCUT2D eigenvalue weighted by atomic mass is 9.90. The van der Waals surface area contributed by atoms with Crippen molar-refractivity contribution in [2.75, 3.05) is 0 Å². The summed E-state index contributed by atoms with van der Waals surface area (Å²) in [5.41, 5.74) is 0.526. The van der Waals surface area contributed by atoms with E-state index >= 15 is 0 Å². The fourth-order valence-corrected chi connectivity index (χ4v) is 3.62. The Hall–Kier alpha value is 0.210. The number of hydrogen-bond acceptors (Lipinski definition) is 0. The molecule has 0 aliphatic heterocycles. The summed E-state index contributed by atoms with van der Waals surface area (Å²) in [5.74, 6) is 0.628. The predicted molar refractivity (Wildman–Crippen MR) is 74.2 cm³/mol. The van der Waals surface area contributed by atoms with E-state index in [9.17, 15) is 4.39 Å². The third kappa shape index (κ3) is 2.80. The lowest BCUT2D eigenvalue weighted by Gasteiger charge is -2.22. The van der Waals surface area contributed by atoms with Crippen LogP contribution in [-0.2, 0) is 0 Å². The highest BCUT2D eigenvalue weighted by Crippen LogP contribution is 2.45. The summed E-state index contributed by atoms with van der Waals surface area (Å²) in [6, 6.07) is 3.04. The van der Waals surface area contributed by atoms with Gasteiger partial charge in [0.15, 0.2) is 0 Å². The van der Waals surface area contributed by atoms with Gasteiger partial charge in [-0.05, 0) is 46.3 Å². The normalized spacial score (nSPS) is 26.2. The summed E-state index contributed by atoms with van der Waals surface area (Å²) in [6.45, 7) is 2.19. The van der Waals surface area contributed by atoms with Crippen LogP contribution < -0.4 is 0 Å². The van der Waals surface area contributed by atoms with Gasteiger partial charge < -0.3 is 0 Å². The Morgan fingerprint density at radius 3 is 2.71 bits per heavy atom. The lowest BCUT2D eigenvalue weighted by molar-refractivity contribution is 0.399. The first kappa shape index (κ1) is 13.6. The second kappa shape index (κ2) is 5.46. The van der Waals surface area contributed by atoms with E-state index in [-0.39, 0.29) is 11.2 Å². The molecule has 94 valence electrons. The molecule has 0 amide bonds. The maximum atomic E-state index is 13.9. The fourth-order valence-electron chi connectivity index (χ4n) is 2.59. The van der Waals surface area contributed by atoms with Gasteiger partial charge in [-0.2, -0.15) is 0 Å². The van der Waals surface area contributed by atoms with Crippen molar-refractivity contribution in [2.24, 2.45) is 11.8 Å². The molecule has 0 saturated heterocycles. The summed E-state index contributed by atoms with van der Waals surface area (Å²) in [7, 11) is 0. The molecule has 1 aromatic rings. The van der Waals surface area contributed by atoms with Crippen LogP contribution in [0.15, 0.2) is 16.6 Å². The maximum absolute atomic E-state index is 13.9. The van der Waals surface area contributed by atoms with Crippen LogP contribution in [0, 0.1) is 17.7 Å². The van der Waals surface area contributed by atoms with Gasteiger partial charge in [0.1, 0.15) is 5.82 Å². The average Bonchev–Trinajstić information content (AvgIpc) is 2.69. The monoisotopic (exact) mass is 338 g/mol. The minimum absolute atomic E-state index is 0.277. The average molecular weight is 340 g/mol. The van der Waals surface area contributed by atoms with Crippen molar-refractivity contribution in [2.45, 2.75) is 31.6 Å². The van der Waals surface area contributed by atoms with E-state index in [1.165, 1.54) is 18.9 Å². The zero-order valence-electron chi connectivity index (χ0n) is 9.52. The van der Waals surface area contributed by atoms with Crippen LogP contribution in [0.3, 0.4) is 0 Å². The molecule has 0 aromatic heterocycles. The summed E-state index contributed by atoms with van der Waals surface area (Å²) in [4.78, 5) is 0. The van der Waals surface area contributed by atoms with Crippen LogP contribution in [0.1, 0.15) is 37.1 Å². The smallest absolute Gasteiger partial charge is 0.129 e. The van der Waals surface area contributed by atoms with Gasteiger partial charge in [-0.25, -0.2) is 4.39 Å². The molecule has 2 rings (SSSR count). The highest BCUT2D eigenvalue weighted by Gasteiger charge is 2.32. The summed E-state index contributed by atoms with van der Waals surface area (Å²) in [5, 5.41) is 0.232. The van der Waals surface area contributed by atoms with Crippen molar-refractivity contribution in [3.63, 3.8) is 0 Å². The predicted octanol–water partition coefficient (Wildman–Crippen LogP) is 5.96. The van der Waals surface area contributed by atoms with Crippen LogP contribution in [0.25, 0.3) is 0 Å². The molecular weight excluding hydrogens is 326 g/mol. The van der Waals surface area contributed by atoms with Gasteiger partial charge in [0.05, 0.1) is 10.4 Å². The van der Waals surface area contributed by atoms with Crippen molar-refractivity contribution < 1.29 is 4.39 Å². The molecule has 1 aliphatic carbocycles. The third-order valence-electron chi connectivity index (χ3n) is 3.64. The first-order valence-corrected chi connectivity index (χ1v) is 7.40. The maximum Gasteiger partial charge on any atom is 0.129 e. The van der Waals surface area contributed by atoms with Crippen LogP contribution in [0.5, 0.6) is 0 Å². The van der Waals surface area contributed by atoms with Crippen molar-refractivity contribution in [1.82, 2.24) is 0 Å². The zero-order chi connectivity index (χ0) is 12.6. The van der Waals surface area contributed by atoms with Gasteiger partial charge >= 0.3 is 0 Å². The molecule has 1 aromatic carbocycles. The molecule has 0 heterocycles. The van der Waals surface area contributed by atoms with Gasteiger partial charge in [-0.15, -0.1) is 11.6 Å². The number of hydrogen-bond donors (Lipinski definition) is 0. The molecule has 1 aliphatic rings. The van der Waals surface area contributed by atoms with Crippen molar-refractivity contribution >= 4 is 39.1 Å². The summed E-state index contributed by atoms with van der Waals surface area (Å²) < 4.78 is 14.5. The SMILES string of the molecule is CC1CCCC1C(Cl)c1cc(Cl)c(Br)cc1F. The van der Waals surface area contributed by atoms with E-state index in [0.29, 0.717) is 26.9 Å². The summed E-state index contributed by atoms with van der Waals surface area (Å²) in [6.07, 6.45) is 3.43. The fraction of sp³-hybridized carbons (Fsp3) is 0.538. The Balaban J connectivity index is 2.30. The lowest BCUT2D eigenvalue weighted by Crippen LogP contribution is -2.12. The van der Waals surface area contributed by atoms with E-state index < -0.39 is 0 Å². The van der Waals surface area contributed by atoms with Crippen LogP contribution in [0.2, 0.25) is 5.02 Å². The van der Waals surface area contributed by atoms with Crippen LogP contribution in [-0.4, -0.2) is 0 Å². The number of alkyl halides is 1. The Morgan fingerprint density at radius 2 is 2.12 bits per heavy atom. The summed E-state index contributed by atoms with van der Waals surface area (Å²) >= 11 is 15.6. The highest BCUT2D eigenvalue weighted by atomic mass is 79.9. The second-order valence-corrected chi connectivity index (χ2v) is 6.49. The van der Waals surface area contributed by atoms with E-state index in [2.05, 4.69) is 22.9 Å². The van der Waals surface area contributed by atoms with E-state index in [0.717, 1.165) is 6.42 Å². The zero-order valence-corrected chi connectivity index (χ0v) is 12.6. The quantitative estimate of drug-likeness (QED) is 0.460. The first-order valence-electron chi connectivity index (χ1n) is 5.79. The Bertz CT molecular complexity index is 422. The molecule has 0 N–H and O–H groups in total. The molecular formula is C13H14BrCl2F. The molecule has 0 radical (unpaired) electrons. The molecule has 0 spiro atoms. The first-order chi connectivity index (χ1) is 8.00. The van der Waals surface area contributed by atoms with Gasteiger partial charge in [0.25, 0.3) is 0 Å². The van der Waals surface area contributed by atoms with Gasteiger partial charge in [-0.3, -0.25) is 0 Å². The molecule has 3 atom stereocenters. The molecule has 1 fully saturated rings. The number of halogens is 4. The number of rotatable bonds is 2. The standard InChI is InChI=1S/C13H14BrCl2F/c1-7-3-2-4-8(7)13(16)9-5-11(15)10(14)6-12(9)17/h5-8,13H,2-4H2,1H3. The molecule has 0 bridgehead atoms. The van der Waals surface area contributed by atoms with Crippen LogP contribution >= 0.6 is 39.1 Å². The van der Waals surface area contributed by atoms with Crippen LogP contribution in [0.4, 0.5) is 4.39 Å². The van der Waals surface area contributed by atoms with Crippen molar-refractivity contribution in [1.29, 1.82) is 0 Å². The molecule has 17 heavy (non-hydrogen) atoms. The Kier molecular flexibility index (Phi) is 4.38. The Labute approximate surface area is 120 Å². The Morgan fingerprint density at radius 1 is 1.41 bits per heavy atom. The van der Waals surface area contributed by atoms with Crippen molar-refractivity contribution in [3.8, 4) is 0 Å². The van der Waals surface area contributed by atoms with E-state index in [4.69, 9.17) is 23.2 Å². The topological polar surface area (TPSA) is 0 Å². The van der Waals surface area contributed by atoms with Gasteiger partial charge in [0, 0.05) is 10.0 Å². The molecule has 3 unspecified atom stereocenters. The largest absolute Gasteiger partial charge is 0.207 e. The van der Waals surface area contributed by atoms with Gasteiger partial charge in [0.2, 0.25) is 0 Å². The minimum Gasteiger partial charge on any atom is -0.207 e.